The first kappa shape index (κ1) is 16.0. The summed E-state index contributed by atoms with van der Waals surface area (Å²) in [6.07, 6.45) is 5.09. The Morgan fingerprint density at radius 2 is 1.61 bits per heavy atom. The van der Waals surface area contributed by atoms with Crippen LogP contribution >= 0.6 is 0 Å². The second-order valence-electron chi connectivity index (χ2n) is 7.69. The minimum atomic E-state index is 0.211. The van der Waals surface area contributed by atoms with Gasteiger partial charge in [-0.05, 0) is 57.9 Å². The SMILES string of the molecule is CC(C)CC(CN)(CC(C)C)N1CCCC1(C)C. The van der Waals surface area contributed by atoms with E-state index in [1.54, 1.807) is 0 Å². The standard InChI is InChI=1S/C16H34N2/c1-13(2)10-16(12-17,11-14(3)4)18-9-7-8-15(18,5)6/h13-14H,7-12,17H2,1-6H3. The van der Waals surface area contributed by atoms with Crippen molar-refractivity contribution in [2.24, 2.45) is 17.6 Å². The lowest BCUT2D eigenvalue weighted by Crippen LogP contribution is -2.60. The van der Waals surface area contributed by atoms with Crippen molar-refractivity contribution in [1.29, 1.82) is 0 Å². The Kier molecular flexibility index (Phi) is 5.25. The van der Waals surface area contributed by atoms with Crippen LogP contribution in [0.25, 0.3) is 0 Å². The lowest BCUT2D eigenvalue weighted by molar-refractivity contribution is 0.00512. The van der Waals surface area contributed by atoms with Gasteiger partial charge in [0.15, 0.2) is 0 Å². The molecule has 0 aromatic rings. The molecule has 1 saturated heterocycles. The highest BCUT2D eigenvalue weighted by atomic mass is 15.3. The van der Waals surface area contributed by atoms with Crippen molar-refractivity contribution in [3.63, 3.8) is 0 Å². The summed E-state index contributed by atoms with van der Waals surface area (Å²) in [4.78, 5) is 2.74. The Hall–Kier alpha value is -0.0800. The van der Waals surface area contributed by atoms with Gasteiger partial charge >= 0.3 is 0 Å². The molecule has 1 aliphatic heterocycles. The van der Waals surface area contributed by atoms with Gasteiger partial charge in [0.2, 0.25) is 0 Å². The van der Waals surface area contributed by atoms with Gasteiger partial charge in [0, 0.05) is 17.6 Å². The zero-order valence-electron chi connectivity index (χ0n) is 13.4. The molecule has 1 aliphatic rings. The third-order valence-electron chi connectivity index (χ3n) is 4.43. The molecule has 1 heterocycles. The lowest BCUT2D eigenvalue weighted by Gasteiger charge is -2.50. The number of nitrogens with zero attached hydrogens (tertiary/aromatic N) is 1. The first-order chi connectivity index (χ1) is 8.23. The molecule has 2 heteroatoms. The maximum absolute atomic E-state index is 6.26. The van der Waals surface area contributed by atoms with Crippen LogP contribution in [0.15, 0.2) is 0 Å². The van der Waals surface area contributed by atoms with Crippen LogP contribution < -0.4 is 5.73 Å². The molecule has 0 unspecified atom stereocenters. The van der Waals surface area contributed by atoms with E-state index in [0.717, 1.165) is 6.54 Å². The van der Waals surface area contributed by atoms with Crippen LogP contribution in [0.1, 0.15) is 67.2 Å². The van der Waals surface area contributed by atoms with Crippen LogP contribution in [0.4, 0.5) is 0 Å². The van der Waals surface area contributed by atoms with Gasteiger partial charge in [-0.25, -0.2) is 0 Å². The van der Waals surface area contributed by atoms with E-state index in [9.17, 15) is 0 Å². The van der Waals surface area contributed by atoms with Crippen molar-refractivity contribution in [3.05, 3.63) is 0 Å². The molecule has 0 atom stereocenters. The van der Waals surface area contributed by atoms with Gasteiger partial charge in [-0.3, -0.25) is 4.90 Å². The molecule has 1 fully saturated rings. The number of hydrogen-bond acceptors (Lipinski definition) is 2. The van der Waals surface area contributed by atoms with Gasteiger partial charge in [-0.1, -0.05) is 27.7 Å². The first-order valence-corrected chi connectivity index (χ1v) is 7.71. The fourth-order valence-electron chi connectivity index (χ4n) is 4.09. The second kappa shape index (κ2) is 5.92. The molecule has 0 saturated carbocycles. The van der Waals surface area contributed by atoms with Gasteiger partial charge in [0.25, 0.3) is 0 Å². The van der Waals surface area contributed by atoms with E-state index in [4.69, 9.17) is 5.73 Å². The van der Waals surface area contributed by atoms with E-state index in [2.05, 4.69) is 46.4 Å². The van der Waals surface area contributed by atoms with Crippen molar-refractivity contribution >= 4 is 0 Å². The summed E-state index contributed by atoms with van der Waals surface area (Å²) in [6, 6.07) is 0. The number of nitrogens with two attached hydrogens (primary N) is 1. The van der Waals surface area contributed by atoms with Gasteiger partial charge in [0.1, 0.15) is 0 Å². The number of likely N-dealkylation sites (tertiary alicyclic amines) is 1. The molecule has 0 aromatic heterocycles. The zero-order chi connectivity index (χ0) is 14.0. The minimum absolute atomic E-state index is 0.211. The molecule has 0 aliphatic carbocycles. The Balaban J connectivity index is 3.00. The monoisotopic (exact) mass is 254 g/mol. The predicted molar refractivity (Wildman–Crippen MR) is 80.7 cm³/mol. The van der Waals surface area contributed by atoms with Gasteiger partial charge in [-0.15, -0.1) is 0 Å². The number of hydrogen-bond donors (Lipinski definition) is 1. The summed E-state index contributed by atoms with van der Waals surface area (Å²) in [5, 5.41) is 0. The quantitative estimate of drug-likeness (QED) is 0.784. The van der Waals surface area contributed by atoms with Gasteiger partial charge < -0.3 is 5.73 Å². The Morgan fingerprint density at radius 1 is 1.11 bits per heavy atom. The minimum Gasteiger partial charge on any atom is -0.329 e. The summed E-state index contributed by atoms with van der Waals surface area (Å²) in [7, 11) is 0. The molecule has 0 spiro atoms. The Morgan fingerprint density at radius 3 is 1.89 bits per heavy atom. The highest BCUT2D eigenvalue weighted by Gasteiger charge is 2.45. The average molecular weight is 254 g/mol. The third-order valence-corrected chi connectivity index (χ3v) is 4.43. The summed E-state index contributed by atoms with van der Waals surface area (Å²) >= 11 is 0. The molecule has 1 rings (SSSR count). The highest BCUT2D eigenvalue weighted by Crippen LogP contribution is 2.40. The van der Waals surface area contributed by atoms with Crippen LogP contribution in [0.2, 0.25) is 0 Å². The van der Waals surface area contributed by atoms with Crippen molar-refractivity contribution < 1.29 is 0 Å². The first-order valence-electron chi connectivity index (χ1n) is 7.71. The Labute approximate surface area is 114 Å². The van der Waals surface area contributed by atoms with Crippen LogP contribution in [0.3, 0.4) is 0 Å². The zero-order valence-corrected chi connectivity index (χ0v) is 13.4. The summed E-state index contributed by atoms with van der Waals surface area (Å²) < 4.78 is 0. The lowest BCUT2D eigenvalue weighted by atomic mass is 9.78. The van der Waals surface area contributed by atoms with Crippen molar-refractivity contribution in [2.75, 3.05) is 13.1 Å². The normalized spacial score (nSPS) is 21.2. The molecule has 2 N–H and O–H groups in total. The number of rotatable bonds is 6. The fourth-order valence-corrected chi connectivity index (χ4v) is 4.09. The van der Waals surface area contributed by atoms with Crippen molar-refractivity contribution in [2.45, 2.75) is 78.3 Å². The molecule has 0 radical (unpaired) electrons. The van der Waals surface area contributed by atoms with Crippen LogP contribution in [0, 0.1) is 11.8 Å². The molecule has 108 valence electrons. The fraction of sp³-hybridized carbons (Fsp3) is 1.00. The predicted octanol–water partition coefficient (Wildman–Crippen LogP) is 3.65. The molecule has 0 bridgehead atoms. The van der Waals surface area contributed by atoms with E-state index in [1.807, 2.05) is 0 Å². The highest BCUT2D eigenvalue weighted by molar-refractivity contribution is 5.02. The van der Waals surface area contributed by atoms with E-state index >= 15 is 0 Å². The summed E-state index contributed by atoms with van der Waals surface area (Å²) in [5.74, 6) is 1.42. The summed E-state index contributed by atoms with van der Waals surface area (Å²) in [6.45, 7) is 16.1. The van der Waals surface area contributed by atoms with Crippen molar-refractivity contribution in [1.82, 2.24) is 4.90 Å². The van der Waals surface area contributed by atoms with E-state index in [0.29, 0.717) is 17.4 Å². The maximum atomic E-state index is 6.26. The maximum Gasteiger partial charge on any atom is 0.0341 e. The van der Waals surface area contributed by atoms with E-state index in [-0.39, 0.29) is 5.54 Å². The smallest absolute Gasteiger partial charge is 0.0341 e. The molecule has 0 amide bonds. The summed E-state index contributed by atoms with van der Waals surface area (Å²) in [5.41, 5.74) is 6.80. The average Bonchev–Trinajstić information content (AvgIpc) is 2.56. The van der Waals surface area contributed by atoms with Gasteiger partial charge in [0.05, 0.1) is 0 Å². The molecule has 2 nitrogen and oxygen atoms in total. The molecule has 18 heavy (non-hydrogen) atoms. The Bertz CT molecular complexity index is 246. The topological polar surface area (TPSA) is 29.3 Å². The van der Waals surface area contributed by atoms with E-state index < -0.39 is 0 Å². The largest absolute Gasteiger partial charge is 0.329 e. The molecule has 0 aromatic carbocycles. The second-order valence-corrected chi connectivity index (χ2v) is 7.69. The van der Waals surface area contributed by atoms with Crippen LogP contribution in [-0.2, 0) is 0 Å². The third kappa shape index (κ3) is 3.48. The van der Waals surface area contributed by atoms with E-state index in [1.165, 1.54) is 32.2 Å². The van der Waals surface area contributed by atoms with Gasteiger partial charge in [-0.2, -0.15) is 0 Å². The van der Waals surface area contributed by atoms with Crippen molar-refractivity contribution in [3.8, 4) is 0 Å². The molecular weight excluding hydrogens is 220 g/mol. The van der Waals surface area contributed by atoms with Crippen LogP contribution in [0.5, 0.6) is 0 Å². The van der Waals surface area contributed by atoms with Crippen LogP contribution in [-0.4, -0.2) is 29.1 Å². The molecular formula is C16H34N2.